The van der Waals surface area contributed by atoms with Crippen molar-refractivity contribution in [1.29, 1.82) is 0 Å². The molecule has 3 heteroatoms. The number of hydrogen-bond acceptors (Lipinski definition) is 1. The highest BCUT2D eigenvalue weighted by molar-refractivity contribution is 9.11. The Morgan fingerprint density at radius 1 is 1.43 bits per heavy atom. The molecule has 76 valence electrons. The third-order valence-corrected chi connectivity index (χ3v) is 3.80. The summed E-state index contributed by atoms with van der Waals surface area (Å²) >= 11 is 7.16. The second-order valence-corrected chi connectivity index (χ2v) is 5.38. The first kappa shape index (κ1) is 10.7. The molecule has 0 saturated heterocycles. The Morgan fingerprint density at radius 3 is 2.93 bits per heavy atom. The van der Waals surface area contributed by atoms with Crippen molar-refractivity contribution < 1.29 is 0 Å². The van der Waals surface area contributed by atoms with Gasteiger partial charge in [0.05, 0.1) is 0 Å². The molecular weight excluding hydrogens is 306 g/mol. The molecular formula is C11H13Br2N. The van der Waals surface area contributed by atoms with Gasteiger partial charge >= 0.3 is 0 Å². The predicted molar refractivity (Wildman–Crippen MR) is 66.6 cm³/mol. The summed E-state index contributed by atoms with van der Waals surface area (Å²) in [6.07, 6.45) is 2.41. The zero-order valence-corrected chi connectivity index (χ0v) is 11.3. The van der Waals surface area contributed by atoms with Crippen molar-refractivity contribution in [1.82, 2.24) is 5.32 Å². The lowest BCUT2D eigenvalue weighted by Crippen LogP contribution is -2.18. The summed E-state index contributed by atoms with van der Waals surface area (Å²) in [5.74, 6) is 0. The predicted octanol–water partition coefficient (Wildman–Crippen LogP) is 3.81. The molecule has 1 nitrogen and oxygen atoms in total. The van der Waals surface area contributed by atoms with Gasteiger partial charge in [0.1, 0.15) is 0 Å². The van der Waals surface area contributed by atoms with Gasteiger partial charge in [-0.15, -0.1) is 0 Å². The van der Waals surface area contributed by atoms with Gasteiger partial charge < -0.3 is 5.32 Å². The van der Waals surface area contributed by atoms with Gasteiger partial charge in [-0.1, -0.05) is 38.8 Å². The Bertz CT molecular complexity index is 349. The summed E-state index contributed by atoms with van der Waals surface area (Å²) in [7, 11) is 0. The van der Waals surface area contributed by atoms with E-state index < -0.39 is 0 Å². The van der Waals surface area contributed by atoms with Crippen LogP contribution >= 0.6 is 31.9 Å². The van der Waals surface area contributed by atoms with E-state index in [0.29, 0.717) is 6.04 Å². The largest absolute Gasteiger partial charge is 0.310 e. The molecule has 14 heavy (non-hydrogen) atoms. The topological polar surface area (TPSA) is 12.0 Å². The standard InChI is InChI=1S/C11H13Br2N/c1-2-14-10-4-3-7-5-8(12)6-9(13)11(7)10/h5-6,10,14H,2-4H2,1H3. The average Bonchev–Trinajstić information content (AvgIpc) is 2.49. The van der Waals surface area contributed by atoms with Crippen LogP contribution in [0.2, 0.25) is 0 Å². The summed E-state index contributed by atoms with van der Waals surface area (Å²) in [6, 6.07) is 4.91. The molecule has 1 aliphatic rings. The molecule has 0 spiro atoms. The van der Waals surface area contributed by atoms with E-state index in [1.54, 1.807) is 0 Å². The molecule has 1 aromatic rings. The molecule has 1 unspecified atom stereocenters. The minimum absolute atomic E-state index is 0.539. The lowest BCUT2D eigenvalue weighted by Gasteiger charge is -2.14. The van der Waals surface area contributed by atoms with Gasteiger partial charge in [-0.05, 0) is 42.6 Å². The number of rotatable bonds is 2. The smallest absolute Gasteiger partial charge is 0.0337 e. The third-order valence-electron chi connectivity index (χ3n) is 2.68. The van der Waals surface area contributed by atoms with Crippen LogP contribution in [0.4, 0.5) is 0 Å². The fourth-order valence-electron chi connectivity index (χ4n) is 2.13. The van der Waals surface area contributed by atoms with E-state index in [1.165, 1.54) is 32.9 Å². The number of halogens is 2. The summed E-state index contributed by atoms with van der Waals surface area (Å²) < 4.78 is 2.39. The van der Waals surface area contributed by atoms with E-state index in [-0.39, 0.29) is 0 Å². The zero-order chi connectivity index (χ0) is 10.1. The molecule has 0 amide bonds. The van der Waals surface area contributed by atoms with Gasteiger partial charge in [0.15, 0.2) is 0 Å². The Kier molecular flexibility index (Phi) is 3.30. The Hall–Kier alpha value is 0.140. The van der Waals surface area contributed by atoms with Gasteiger partial charge in [0, 0.05) is 15.0 Å². The van der Waals surface area contributed by atoms with Crippen LogP contribution in [0.25, 0.3) is 0 Å². The molecule has 0 aliphatic heterocycles. The van der Waals surface area contributed by atoms with Crippen molar-refractivity contribution in [2.24, 2.45) is 0 Å². The molecule has 0 saturated carbocycles. The van der Waals surface area contributed by atoms with Crippen molar-refractivity contribution in [2.45, 2.75) is 25.8 Å². The van der Waals surface area contributed by atoms with Crippen LogP contribution in [0, 0.1) is 0 Å². The van der Waals surface area contributed by atoms with E-state index in [0.717, 1.165) is 6.54 Å². The lowest BCUT2D eigenvalue weighted by molar-refractivity contribution is 0.548. The summed E-state index contributed by atoms with van der Waals surface area (Å²) in [6.45, 7) is 3.19. The van der Waals surface area contributed by atoms with Gasteiger partial charge in [0.2, 0.25) is 0 Å². The molecule has 1 N–H and O–H groups in total. The molecule has 1 aliphatic carbocycles. The highest BCUT2D eigenvalue weighted by atomic mass is 79.9. The van der Waals surface area contributed by atoms with Crippen molar-refractivity contribution in [3.05, 3.63) is 32.2 Å². The average molecular weight is 319 g/mol. The first-order chi connectivity index (χ1) is 6.72. The van der Waals surface area contributed by atoms with E-state index in [9.17, 15) is 0 Å². The highest BCUT2D eigenvalue weighted by Gasteiger charge is 2.24. The van der Waals surface area contributed by atoms with Crippen LogP contribution in [0.3, 0.4) is 0 Å². The maximum Gasteiger partial charge on any atom is 0.0337 e. The Labute approximate surface area is 102 Å². The van der Waals surface area contributed by atoms with E-state index in [1.807, 2.05) is 0 Å². The first-order valence-corrected chi connectivity index (χ1v) is 6.52. The van der Waals surface area contributed by atoms with Crippen LogP contribution < -0.4 is 5.32 Å². The summed E-state index contributed by atoms with van der Waals surface area (Å²) in [5, 5.41) is 3.52. The minimum Gasteiger partial charge on any atom is -0.310 e. The first-order valence-electron chi connectivity index (χ1n) is 4.93. The number of nitrogens with one attached hydrogen (secondary N) is 1. The van der Waals surface area contributed by atoms with Gasteiger partial charge in [-0.2, -0.15) is 0 Å². The number of fused-ring (bicyclic) bond motifs is 1. The van der Waals surface area contributed by atoms with E-state index in [2.05, 4.69) is 56.2 Å². The highest BCUT2D eigenvalue weighted by Crippen LogP contribution is 2.38. The van der Waals surface area contributed by atoms with Crippen molar-refractivity contribution in [2.75, 3.05) is 6.54 Å². The quantitative estimate of drug-likeness (QED) is 0.874. The normalized spacial score (nSPS) is 19.8. The molecule has 0 aromatic heterocycles. The number of aryl methyl sites for hydroxylation is 1. The fourth-order valence-corrected chi connectivity index (χ4v) is 3.72. The zero-order valence-electron chi connectivity index (χ0n) is 8.11. The van der Waals surface area contributed by atoms with Crippen LogP contribution in [0.15, 0.2) is 21.1 Å². The molecule has 2 rings (SSSR count). The minimum atomic E-state index is 0.539. The molecule has 1 atom stereocenters. The molecule has 1 aromatic carbocycles. The van der Waals surface area contributed by atoms with Crippen molar-refractivity contribution >= 4 is 31.9 Å². The van der Waals surface area contributed by atoms with Gasteiger partial charge in [0.25, 0.3) is 0 Å². The second kappa shape index (κ2) is 4.33. The maximum atomic E-state index is 3.64. The van der Waals surface area contributed by atoms with Crippen LogP contribution in [-0.4, -0.2) is 6.54 Å². The SMILES string of the molecule is CCNC1CCc2cc(Br)cc(Br)c21. The monoisotopic (exact) mass is 317 g/mol. The molecule has 0 radical (unpaired) electrons. The number of hydrogen-bond donors (Lipinski definition) is 1. The lowest BCUT2D eigenvalue weighted by atomic mass is 10.1. The molecule has 0 bridgehead atoms. The second-order valence-electron chi connectivity index (χ2n) is 3.61. The van der Waals surface area contributed by atoms with Gasteiger partial charge in [-0.3, -0.25) is 0 Å². The van der Waals surface area contributed by atoms with Crippen LogP contribution in [-0.2, 0) is 6.42 Å². The van der Waals surface area contributed by atoms with E-state index >= 15 is 0 Å². The number of benzene rings is 1. The van der Waals surface area contributed by atoms with Crippen LogP contribution in [0.1, 0.15) is 30.5 Å². The summed E-state index contributed by atoms with van der Waals surface area (Å²) in [4.78, 5) is 0. The summed E-state index contributed by atoms with van der Waals surface area (Å²) in [5.41, 5.74) is 2.92. The van der Waals surface area contributed by atoms with Crippen LogP contribution in [0.5, 0.6) is 0 Å². The maximum absolute atomic E-state index is 3.64. The van der Waals surface area contributed by atoms with Gasteiger partial charge in [-0.25, -0.2) is 0 Å². The van der Waals surface area contributed by atoms with Crippen molar-refractivity contribution in [3.8, 4) is 0 Å². The van der Waals surface area contributed by atoms with E-state index in [4.69, 9.17) is 0 Å². The third kappa shape index (κ3) is 1.90. The fraction of sp³-hybridized carbons (Fsp3) is 0.455. The Balaban J connectivity index is 2.39. The Morgan fingerprint density at radius 2 is 2.21 bits per heavy atom. The molecule has 0 fully saturated rings. The van der Waals surface area contributed by atoms with Crippen molar-refractivity contribution in [3.63, 3.8) is 0 Å². The molecule has 0 heterocycles.